The molecule has 90 valence electrons. The molecule has 1 atom stereocenters. The van der Waals surface area contributed by atoms with Crippen molar-refractivity contribution in [3.8, 4) is 0 Å². The molecule has 0 aliphatic rings. The molecule has 0 amide bonds. The molecule has 2 aromatic rings. The van der Waals surface area contributed by atoms with E-state index in [1.165, 1.54) is 4.57 Å². The van der Waals surface area contributed by atoms with Crippen LogP contribution in [-0.4, -0.2) is 20.8 Å². The summed E-state index contributed by atoms with van der Waals surface area (Å²) in [5.41, 5.74) is 0.0782. The lowest BCUT2D eigenvalue weighted by molar-refractivity contribution is 0.172. The van der Waals surface area contributed by atoms with Gasteiger partial charge in [-0.15, -0.1) is 0 Å². The number of rotatable bonds is 2. The summed E-state index contributed by atoms with van der Waals surface area (Å²) in [6.45, 7) is 1.68. The number of benzene rings is 1. The number of hydrogen-bond acceptors (Lipinski definition) is 3. The number of halogens is 2. The molecule has 1 aromatic carbocycles. The van der Waals surface area contributed by atoms with Gasteiger partial charge in [0.1, 0.15) is 0 Å². The number of aliphatic hydroxyl groups is 1. The van der Waals surface area contributed by atoms with Crippen LogP contribution in [0.3, 0.4) is 0 Å². The summed E-state index contributed by atoms with van der Waals surface area (Å²) in [5.74, 6) is 0. The smallest absolute Gasteiger partial charge is 0.262 e. The second kappa shape index (κ2) is 4.64. The molecule has 1 N–H and O–H groups in total. The maximum Gasteiger partial charge on any atom is 0.262 e. The average Bonchev–Trinajstić information content (AvgIpc) is 2.26. The first kappa shape index (κ1) is 12.4. The summed E-state index contributed by atoms with van der Waals surface area (Å²) >= 11 is 11.8. The van der Waals surface area contributed by atoms with Crippen molar-refractivity contribution in [1.82, 2.24) is 9.55 Å². The van der Waals surface area contributed by atoms with Crippen molar-refractivity contribution in [2.45, 2.75) is 19.6 Å². The minimum absolute atomic E-state index is 0.0245. The first-order chi connectivity index (χ1) is 8.00. The molecule has 1 unspecified atom stereocenters. The molecule has 0 fully saturated rings. The van der Waals surface area contributed by atoms with Gasteiger partial charge in [-0.25, -0.2) is 4.98 Å². The minimum Gasteiger partial charge on any atom is -0.392 e. The molecule has 1 heterocycles. The van der Waals surface area contributed by atoms with Gasteiger partial charge in [0, 0.05) is 0 Å². The molecule has 4 nitrogen and oxygen atoms in total. The normalized spacial score (nSPS) is 12.9. The third-order valence-electron chi connectivity index (χ3n) is 2.34. The van der Waals surface area contributed by atoms with Crippen molar-refractivity contribution in [3.05, 3.63) is 38.9 Å². The summed E-state index contributed by atoms with van der Waals surface area (Å²) < 4.78 is 1.23. The number of para-hydroxylation sites is 1. The zero-order valence-electron chi connectivity index (χ0n) is 9.02. The van der Waals surface area contributed by atoms with Gasteiger partial charge >= 0.3 is 0 Å². The number of aromatic nitrogens is 2. The lowest BCUT2D eigenvalue weighted by Gasteiger charge is -2.11. The monoisotopic (exact) mass is 272 g/mol. The number of fused-ring (bicyclic) bond motifs is 1. The van der Waals surface area contributed by atoms with Crippen molar-refractivity contribution < 1.29 is 5.11 Å². The van der Waals surface area contributed by atoms with E-state index >= 15 is 0 Å². The van der Waals surface area contributed by atoms with E-state index in [4.69, 9.17) is 23.2 Å². The van der Waals surface area contributed by atoms with Crippen molar-refractivity contribution in [2.75, 3.05) is 0 Å². The van der Waals surface area contributed by atoms with Gasteiger partial charge in [-0.05, 0) is 30.7 Å². The Bertz CT molecular complexity index is 623. The van der Waals surface area contributed by atoms with Crippen molar-refractivity contribution in [2.24, 2.45) is 0 Å². The molecule has 17 heavy (non-hydrogen) atoms. The SMILES string of the molecule is CC(O)Cn1c(Cl)nc2c(Cl)cccc2c1=O. The summed E-state index contributed by atoms with van der Waals surface area (Å²) in [4.78, 5) is 16.2. The molecule has 0 saturated carbocycles. The third kappa shape index (κ3) is 2.29. The van der Waals surface area contributed by atoms with Crippen LogP contribution in [0.15, 0.2) is 23.0 Å². The number of hydrogen-bond donors (Lipinski definition) is 1. The molecule has 0 spiro atoms. The largest absolute Gasteiger partial charge is 0.392 e. The predicted octanol–water partition coefficient (Wildman–Crippen LogP) is 2.08. The Morgan fingerprint density at radius 2 is 2.18 bits per heavy atom. The average molecular weight is 273 g/mol. The third-order valence-corrected chi connectivity index (χ3v) is 2.93. The first-order valence-electron chi connectivity index (χ1n) is 5.03. The van der Waals surface area contributed by atoms with Gasteiger partial charge in [-0.2, -0.15) is 0 Å². The fraction of sp³-hybridized carbons (Fsp3) is 0.273. The van der Waals surface area contributed by atoms with E-state index in [1.54, 1.807) is 25.1 Å². The Morgan fingerprint density at radius 1 is 1.47 bits per heavy atom. The van der Waals surface area contributed by atoms with Crippen LogP contribution in [0.5, 0.6) is 0 Å². The topological polar surface area (TPSA) is 55.1 Å². The highest BCUT2D eigenvalue weighted by Gasteiger charge is 2.12. The van der Waals surface area contributed by atoms with Crippen LogP contribution in [-0.2, 0) is 6.54 Å². The molecule has 1 aromatic heterocycles. The predicted molar refractivity (Wildman–Crippen MR) is 67.7 cm³/mol. The van der Waals surface area contributed by atoms with Gasteiger partial charge in [0.05, 0.1) is 28.6 Å². The molecular weight excluding hydrogens is 263 g/mol. The van der Waals surface area contributed by atoms with E-state index in [0.717, 1.165) is 0 Å². The van der Waals surface area contributed by atoms with Crippen LogP contribution in [0.25, 0.3) is 10.9 Å². The van der Waals surface area contributed by atoms with E-state index < -0.39 is 6.10 Å². The Balaban J connectivity index is 2.77. The summed E-state index contributed by atoms with van der Waals surface area (Å²) in [6, 6.07) is 4.95. The van der Waals surface area contributed by atoms with Crippen LogP contribution in [0.4, 0.5) is 0 Å². The lowest BCUT2D eigenvalue weighted by atomic mass is 10.2. The van der Waals surface area contributed by atoms with Crippen LogP contribution < -0.4 is 5.56 Å². The maximum absolute atomic E-state index is 12.1. The Morgan fingerprint density at radius 3 is 2.82 bits per heavy atom. The quantitative estimate of drug-likeness (QED) is 0.852. The molecule has 0 bridgehead atoms. The highest BCUT2D eigenvalue weighted by molar-refractivity contribution is 6.35. The molecule has 0 radical (unpaired) electrons. The minimum atomic E-state index is -0.677. The Hall–Kier alpha value is -1.10. The highest BCUT2D eigenvalue weighted by atomic mass is 35.5. The second-order valence-electron chi connectivity index (χ2n) is 3.78. The summed E-state index contributed by atoms with van der Waals surface area (Å²) in [7, 11) is 0. The van der Waals surface area contributed by atoms with Crippen molar-refractivity contribution in [1.29, 1.82) is 0 Å². The summed E-state index contributed by atoms with van der Waals surface area (Å²) in [5, 5.41) is 10.1. The van der Waals surface area contributed by atoms with Gasteiger partial charge in [-0.3, -0.25) is 9.36 Å². The van der Waals surface area contributed by atoms with Crippen LogP contribution >= 0.6 is 23.2 Å². The van der Waals surface area contributed by atoms with Gasteiger partial charge < -0.3 is 5.11 Å². The molecule has 0 aliphatic heterocycles. The molecule has 2 rings (SSSR count). The standard InChI is InChI=1S/C11H10Cl2N2O2/c1-6(16)5-15-10(17)7-3-2-4-8(12)9(7)14-11(15)13/h2-4,6,16H,5H2,1H3. The van der Waals surface area contributed by atoms with Crippen LogP contribution in [0, 0.1) is 0 Å². The molecular formula is C11H10Cl2N2O2. The zero-order valence-corrected chi connectivity index (χ0v) is 10.5. The van der Waals surface area contributed by atoms with Crippen LogP contribution in [0.1, 0.15) is 6.92 Å². The maximum atomic E-state index is 12.1. The Kier molecular flexibility index (Phi) is 3.38. The van der Waals surface area contributed by atoms with Gasteiger partial charge in [0.2, 0.25) is 5.28 Å². The van der Waals surface area contributed by atoms with E-state index in [0.29, 0.717) is 15.9 Å². The van der Waals surface area contributed by atoms with Gasteiger partial charge in [0.15, 0.2) is 0 Å². The van der Waals surface area contributed by atoms with Crippen LogP contribution in [0.2, 0.25) is 10.3 Å². The van der Waals surface area contributed by atoms with E-state index in [2.05, 4.69) is 4.98 Å². The van der Waals surface area contributed by atoms with Crippen molar-refractivity contribution >= 4 is 34.1 Å². The van der Waals surface area contributed by atoms with E-state index in [1.807, 2.05) is 0 Å². The number of aliphatic hydroxyl groups excluding tert-OH is 1. The van der Waals surface area contributed by atoms with Crippen molar-refractivity contribution in [3.63, 3.8) is 0 Å². The number of nitrogens with zero attached hydrogens (tertiary/aromatic N) is 2. The zero-order chi connectivity index (χ0) is 12.6. The highest BCUT2D eigenvalue weighted by Crippen LogP contribution is 2.20. The fourth-order valence-corrected chi connectivity index (χ4v) is 2.05. The van der Waals surface area contributed by atoms with E-state index in [9.17, 15) is 9.90 Å². The van der Waals surface area contributed by atoms with Gasteiger partial charge in [-0.1, -0.05) is 17.7 Å². The fourth-order valence-electron chi connectivity index (χ4n) is 1.61. The second-order valence-corrected chi connectivity index (χ2v) is 4.53. The Labute approximate surface area is 107 Å². The lowest BCUT2D eigenvalue weighted by Crippen LogP contribution is -2.26. The van der Waals surface area contributed by atoms with Gasteiger partial charge in [0.25, 0.3) is 5.56 Å². The first-order valence-corrected chi connectivity index (χ1v) is 5.79. The van der Waals surface area contributed by atoms with E-state index in [-0.39, 0.29) is 17.4 Å². The molecule has 0 saturated heterocycles. The molecule has 6 heteroatoms. The molecule has 0 aliphatic carbocycles. The summed E-state index contributed by atoms with van der Waals surface area (Å²) in [6.07, 6.45) is -0.677.